The van der Waals surface area contributed by atoms with Crippen LogP contribution in [0.1, 0.15) is 30.5 Å². The number of carbonyl (C=O) groups excluding carboxylic acids is 1. The number of aliphatic imine (C=N–C) groups is 1. The molecular formula is C18H26N6O. The maximum atomic E-state index is 11.1. The third-order valence-corrected chi connectivity index (χ3v) is 3.70. The predicted octanol–water partition coefficient (Wildman–Crippen LogP) is 1.98. The fourth-order valence-corrected chi connectivity index (χ4v) is 2.44. The van der Waals surface area contributed by atoms with Gasteiger partial charge < -0.3 is 16.0 Å². The zero-order valence-corrected chi connectivity index (χ0v) is 14.4. The van der Waals surface area contributed by atoms with E-state index in [9.17, 15) is 4.79 Å². The SMILES string of the molecule is NC(=O)NC(=NCCCc1ccccc1)NCCCCc1cnc[nH]1. The van der Waals surface area contributed by atoms with Crippen LogP contribution in [0.5, 0.6) is 0 Å². The minimum Gasteiger partial charge on any atom is -0.356 e. The number of primary amides is 1. The van der Waals surface area contributed by atoms with Crippen LogP contribution in [0.4, 0.5) is 4.79 Å². The molecule has 0 saturated carbocycles. The molecule has 0 atom stereocenters. The van der Waals surface area contributed by atoms with Crippen molar-refractivity contribution in [3.05, 3.63) is 54.1 Å². The van der Waals surface area contributed by atoms with Crippen molar-refractivity contribution in [3.8, 4) is 0 Å². The van der Waals surface area contributed by atoms with E-state index < -0.39 is 6.03 Å². The van der Waals surface area contributed by atoms with Crippen LogP contribution in [-0.2, 0) is 12.8 Å². The summed E-state index contributed by atoms with van der Waals surface area (Å²) in [5, 5.41) is 5.69. The van der Waals surface area contributed by atoms with Gasteiger partial charge >= 0.3 is 6.03 Å². The fourth-order valence-electron chi connectivity index (χ4n) is 2.44. The first kappa shape index (κ1) is 18.5. The zero-order chi connectivity index (χ0) is 17.7. The van der Waals surface area contributed by atoms with Gasteiger partial charge in [0.25, 0.3) is 0 Å². The van der Waals surface area contributed by atoms with Gasteiger partial charge in [-0.05, 0) is 37.7 Å². The lowest BCUT2D eigenvalue weighted by atomic mass is 10.1. The molecule has 7 nitrogen and oxygen atoms in total. The smallest absolute Gasteiger partial charge is 0.318 e. The number of urea groups is 1. The molecule has 0 aliphatic rings. The Balaban J connectivity index is 1.66. The summed E-state index contributed by atoms with van der Waals surface area (Å²) in [6, 6.07) is 9.67. The first-order chi connectivity index (χ1) is 12.2. The van der Waals surface area contributed by atoms with Crippen LogP contribution in [-0.4, -0.2) is 35.0 Å². The van der Waals surface area contributed by atoms with Crippen molar-refractivity contribution < 1.29 is 4.79 Å². The van der Waals surface area contributed by atoms with Gasteiger partial charge in [-0.25, -0.2) is 9.78 Å². The van der Waals surface area contributed by atoms with Crippen LogP contribution in [0.2, 0.25) is 0 Å². The quantitative estimate of drug-likeness (QED) is 0.318. The lowest BCUT2D eigenvalue weighted by molar-refractivity contribution is 0.253. The molecule has 0 bridgehead atoms. The van der Waals surface area contributed by atoms with E-state index in [0.717, 1.165) is 44.3 Å². The number of H-pyrrole nitrogens is 1. The number of hydrogen-bond acceptors (Lipinski definition) is 3. The molecule has 1 heterocycles. The summed E-state index contributed by atoms with van der Waals surface area (Å²) >= 11 is 0. The Kier molecular flexibility index (Phi) is 8.03. The van der Waals surface area contributed by atoms with Crippen molar-refractivity contribution in [3.63, 3.8) is 0 Å². The Morgan fingerprint density at radius 2 is 2.00 bits per heavy atom. The number of benzene rings is 1. The number of hydrogen-bond donors (Lipinski definition) is 4. The minimum atomic E-state index is -0.605. The van der Waals surface area contributed by atoms with E-state index in [-0.39, 0.29) is 0 Å². The standard InChI is InChI=1S/C18H26N6O/c19-17(25)24-18(21-11-5-4-10-16-13-20-14-23-16)22-12-6-9-15-7-2-1-3-8-15/h1-3,7-8,13-14H,4-6,9-12H2,(H,20,23)(H4,19,21,22,24,25). The van der Waals surface area contributed by atoms with Gasteiger partial charge in [0.05, 0.1) is 6.33 Å². The van der Waals surface area contributed by atoms with E-state index in [1.54, 1.807) is 6.33 Å². The van der Waals surface area contributed by atoms with Crippen molar-refractivity contribution in [2.45, 2.75) is 32.1 Å². The summed E-state index contributed by atoms with van der Waals surface area (Å²) in [6.07, 6.45) is 8.32. The van der Waals surface area contributed by atoms with Crippen LogP contribution < -0.4 is 16.4 Å². The second-order valence-electron chi connectivity index (χ2n) is 5.77. The van der Waals surface area contributed by atoms with Crippen molar-refractivity contribution in [1.29, 1.82) is 0 Å². The summed E-state index contributed by atoms with van der Waals surface area (Å²) in [5.74, 6) is 0.446. The molecule has 2 rings (SSSR count). The fraction of sp³-hybridized carbons (Fsp3) is 0.389. The lowest BCUT2D eigenvalue weighted by Crippen LogP contribution is -2.44. The largest absolute Gasteiger partial charge is 0.356 e. The number of nitrogens with zero attached hydrogens (tertiary/aromatic N) is 2. The van der Waals surface area contributed by atoms with E-state index in [1.807, 2.05) is 24.4 Å². The molecule has 0 aliphatic heterocycles. The molecule has 1 aromatic heterocycles. The second kappa shape index (κ2) is 10.9. The molecule has 1 aromatic carbocycles. The topological polar surface area (TPSA) is 108 Å². The molecular weight excluding hydrogens is 316 g/mol. The van der Waals surface area contributed by atoms with Crippen LogP contribution in [0.25, 0.3) is 0 Å². The molecule has 2 aromatic rings. The number of imidazole rings is 1. The maximum absolute atomic E-state index is 11.1. The number of nitrogens with two attached hydrogens (primary N) is 1. The average molecular weight is 342 g/mol. The van der Waals surface area contributed by atoms with Gasteiger partial charge in [-0.2, -0.15) is 0 Å². The third-order valence-electron chi connectivity index (χ3n) is 3.70. The number of aromatic amines is 1. The van der Waals surface area contributed by atoms with Crippen LogP contribution in [0, 0.1) is 0 Å². The first-order valence-electron chi connectivity index (χ1n) is 8.60. The van der Waals surface area contributed by atoms with Gasteiger partial charge in [-0.15, -0.1) is 0 Å². The van der Waals surface area contributed by atoms with Gasteiger partial charge in [0.1, 0.15) is 0 Å². The van der Waals surface area contributed by atoms with E-state index >= 15 is 0 Å². The van der Waals surface area contributed by atoms with Crippen molar-refractivity contribution in [1.82, 2.24) is 20.6 Å². The number of aryl methyl sites for hydroxylation is 2. The highest BCUT2D eigenvalue weighted by Crippen LogP contribution is 2.02. The van der Waals surface area contributed by atoms with Crippen LogP contribution in [0.3, 0.4) is 0 Å². The van der Waals surface area contributed by atoms with Gasteiger partial charge in [-0.3, -0.25) is 10.3 Å². The normalized spacial score (nSPS) is 11.3. The van der Waals surface area contributed by atoms with Gasteiger partial charge in [-0.1, -0.05) is 30.3 Å². The molecule has 0 radical (unpaired) electrons. The summed E-state index contributed by atoms with van der Waals surface area (Å²) in [7, 11) is 0. The highest BCUT2D eigenvalue weighted by Gasteiger charge is 2.02. The molecule has 0 spiro atoms. The zero-order valence-electron chi connectivity index (χ0n) is 14.4. The Bertz CT molecular complexity index is 639. The molecule has 5 N–H and O–H groups in total. The van der Waals surface area contributed by atoms with E-state index in [2.05, 4.69) is 37.7 Å². The average Bonchev–Trinajstić information content (AvgIpc) is 3.12. The number of guanidine groups is 1. The van der Waals surface area contributed by atoms with Crippen LogP contribution >= 0.6 is 0 Å². The first-order valence-corrected chi connectivity index (χ1v) is 8.60. The van der Waals surface area contributed by atoms with E-state index in [1.165, 1.54) is 5.56 Å². The number of rotatable bonds is 9. The number of carbonyl (C=O) groups is 1. The van der Waals surface area contributed by atoms with E-state index in [4.69, 9.17) is 5.73 Å². The Labute approximate surface area is 148 Å². The molecule has 0 fully saturated rings. The second-order valence-corrected chi connectivity index (χ2v) is 5.77. The van der Waals surface area contributed by atoms with Gasteiger partial charge in [0.2, 0.25) is 0 Å². The molecule has 0 aliphatic carbocycles. The van der Waals surface area contributed by atoms with Crippen molar-refractivity contribution >= 4 is 12.0 Å². The molecule has 0 unspecified atom stereocenters. The Morgan fingerprint density at radius 1 is 1.16 bits per heavy atom. The minimum absolute atomic E-state index is 0.446. The summed E-state index contributed by atoms with van der Waals surface area (Å²) < 4.78 is 0. The number of amides is 2. The summed E-state index contributed by atoms with van der Waals surface area (Å²) in [6.45, 7) is 1.36. The molecule has 7 heteroatoms. The third kappa shape index (κ3) is 8.01. The van der Waals surface area contributed by atoms with Crippen molar-refractivity contribution in [2.24, 2.45) is 10.7 Å². The molecule has 134 valence electrons. The maximum Gasteiger partial charge on any atom is 0.318 e. The van der Waals surface area contributed by atoms with Crippen molar-refractivity contribution in [2.75, 3.05) is 13.1 Å². The van der Waals surface area contributed by atoms with E-state index in [0.29, 0.717) is 12.5 Å². The lowest BCUT2D eigenvalue weighted by Gasteiger charge is -2.10. The molecule has 2 amide bonds. The van der Waals surface area contributed by atoms with Crippen LogP contribution in [0.15, 0.2) is 47.8 Å². The van der Waals surface area contributed by atoms with Gasteiger partial charge in [0.15, 0.2) is 5.96 Å². The predicted molar refractivity (Wildman–Crippen MR) is 99.3 cm³/mol. The molecule has 25 heavy (non-hydrogen) atoms. The number of unbranched alkanes of at least 4 members (excludes halogenated alkanes) is 1. The highest BCUT2D eigenvalue weighted by molar-refractivity contribution is 5.95. The number of aromatic nitrogens is 2. The Hall–Kier alpha value is -2.83. The number of nitrogens with one attached hydrogen (secondary N) is 3. The van der Waals surface area contributed by atoms with Gasteiger partial charge in [0, 0.05) is 25.0 Å². The Morgan fingerprint density at radius 3 is 2.72 bits per heavy atom. The highest BCUT2D eigenvalue weighted by atomic mass is 16.2. The monoisotopic (exact) mass is 342 g/mol. The summed E-state index contributed by atoms with van der Waals surface area (Å²) in [5.41, 5.74) is 7.62. The molecule has 0 saturated heterocycles. The summed E-state index contributed by atoms with van der Waals surface area (Å²) in [4.78, 5) is 22.6.